The summed E-state index contributed by atoms with van der Waals surface area (Å²) in [7, 11) is 3.35. The lowest BCUT2D eigenvalue weighted by Gasteiger charge is -2.42. The van der Waals surface area contributed by atoms with Crippen LogP contribution in [0.25, 0.3) is 0 Å². The Balaban J connectivity index is 2.32. The van der Waals surface area contributed by atoms with Crippen LogP contribution in [-0.4, -0.2) is 51.0 Å². The molecule has 1 aromatic carbocycles. The lowest BCUT2D eigenvalue weighted by atomic mass is 9.99. The van der Waals surface area contributed by atoms with Crippen molar-refractivity contribution in [1.82, 2.24) is 4.90 Å². The molecule has 0 aromatic heterocycles. The van der Waals surface area contributed by atoms with Crippen LogP contribution >= 0.6 is 0 Å². The van der Waals surface area contributed by atoms with Gasteiger partial charge in [-0.3, -0.25) is 4.90 Å². The minimum atomic E-state index is -0.155. The average Bonchev–Trinajstić information content (AvgIpc) is 2.47. The van der Waals surface area contributed by atoms with Crippen molar-refractivity contribution in [1.29, 1.82) is 0 Å². The van der Waals surface area contributed by atoms with Crippen molar-refractivity contribution >= 4 is 0 Å². The summed E-state index contributed by atoms with van der Waals surface area (Å²) >= 11 is 0. The van der Waals surface area contributed by atoms with Crippen LogP contribution in [0, 0.1) is 0 Å². The van der Waals surface area contributed by atoms with Crippen LogP contribution < -0.4 is 15.2 Å². The van der Waals surface area contributed by atoms with Crippen molar-refractivity contribution in [2.24, 2.45) is 5.73 Å². The Kier molecular flexibility index (Phi) is 5.08. The zero-order valence-electron chi connectivity index (χ0n) is 13.4. The molecule has 5 nitrogen and oxygen atoms in total. The van der Waals surface area contributed by atoms with Gasteiger partial charge in [0.25, 0.3) is 0 Å². The maximum atomic E-state index is 6.06. The maximum Gasteiger partial charge on any atom is 0.123 e. The van der Waals surface area contributed by atoms with Crippen molar-refractivity contribution in [3.63, 3.8) is 0 Å². The highest BCUT2D eigenvalue weighted by atomic mass is 16.5. The van der Waals surface area contributed by atoms with E-state index in [1.54, 1.807) is 14.2 Å². The maximum absolute atomic E-state index is 6.06. The van der Waals surface area contributed by atoms with E-state index < -0.39 is 0 Å². The van der Waals surface area contributed by atoms with E-state index in [9.17, 15) is 0 Å². The number of morpholine rings is 1. The Morgan fingerprint density at radius 1 is 1.33 bits per heavy atom. The molecular formula is C16H26N2O3. The molecule has 118 valence electrons. The Bertz CT molecular complexity index is 477. The van der Waals surface area contributed by atoms with Gasteiger partial charge in [0.1, 0.15) is 11.5 Å². The predicted molar refractivity (Wildman–Crippen MR) is 82.9 cm³/mol. The molecule has 0 aliphatic carbocycles. The van der Waals surface area contributed by atoms with E-state index in [0.717, 1.165) is 36.8 Å². The van der Waals surface area contributed by atoms with Crippen LogP contribution in [0.4, 0.5) is 0 Å². The Morgan fingerprint density at radius 3 is 2.67 bits per heavy atom. The fourth-order valence-electron chi connectivity index (χ4n) is 2.89. The van der Waals surface area contributed by atoms with Gasteiger partial charge in [-0.15, -0.1) is 0 Å². The fraction of sp³-hybridized carbons (Fsp3) is 0.625. The van der Waals surface area contributed by atoms with Crippen LogP contribution in [0.3, 0.4) is 0 Å². The molecule has 1 aliphatic rings. The summed E-state index contributed by atoms with van der Waals surface area (Å²) < 4.78 is 16.6. The first-order chi connectivity index (χ1) is 10.0. The largest absolute Gasteiger partial charge is 0.497 e. The molecule has 1 heterocycles. The summed E-state index contributed by atoms with van der Waals surface area (Å²) in [5.74, 6) is 1.66. The average molecular weight is 294 g/mol. The second kappa shape index (κ2) is 6.64. The van der Waals surface area contributed by atoms with Crippen LogP contribution in [-0.2, 0) is 4.74 Å². The van der Waals surface area contributed by atoms with Gasteiger partial charge in [-0.2, -0.15) is 0 Å². The van der Waals surface area contributed by atoms with Gasteiger partial charge < -0.3 is 19.9 Å². The Morgan fingerprint density at radius 2 is 2.10 bits per heavy atom. The van der Waals surface area contributed by atoms with E-state index in [4.69, 9.17) is 19.9 Å². The van der Waals surface area contributed by atoms with Crippen LogP contribution in [0.5, 0.6) is 11.5 Å². The Labute approximate surface area is 127 Å². The first-order valence-electron chi connectivity index (χ1n) is 7.30. The van der Waals surface area contributed by atoms with Gasteiger partial charge in [-0.25, -0.2) is 0 Å². The number of rotatable bonds is 5. The molecule has 0 bridgehead atoms. The highest BCUT2D eigenvalue weighted by Crippen LogP contribution is 2.34. The molecule has 0 amide bonds. The van der Waals surface area contributed by atoms with Gasteiger partial charge in [0.15, 0.2) is 0 Å². The smallest absolute Gasteiger partial charge is 0.123 e. The van der Waals surface area contributed by atoms with E-state index in [1.807, 2.05) is 18.2 Å². The van der Waals surface area contributed by atoms with E-state index in [1.165, 1.54) is 0 Å². The molecule has 1 saturated heterocycles. The molecule has 1 aliphatic heterocycles. The number of nitrogens with zero attached hydrogens (tertiary/aromatic N) is 1. The third-order valence-corrected chi connectivity index (χ3v) is 3.92. The first kappa shape index (κ1) is 16.1. The molecule has 1 unspecified atom stereocenters. The van der Waals surface area contributed by atoms with E-state index in [-0.39, 0.29) is 11.6 Å². The molecule has 0 spiro atoms. The predicted octanol–water partition coefficient (Wildman–Crippen LogP) is 1.81. The van der Waals surface area contributed by atoms with Crippen molar-refractivity contribution in [3.8, 4) is 11.5 Å². The highest BCUT2D eigenvalue weighted by Gasteiger charge is 2.32. The topological polar surface area (TPSA) is 57.0 Å². The summed E-state index contributed by atoms with van der Waals surface area (Å²) in [6.07, 6.45) is 0. The minimum Gasteiger partial charge on any atom is -0.497 e. The van der Waals surface area contributed by atoms with Crippen molar-refractivity contribution in [2.45, 2.75) is 25.5 Å². The standard InChI is InChI=1S/C16H26N2O3/c1-16(2)11-18(7-8-21-16)14(10-17)13-9-12(19-3)5-6-15(13)20-4/h5-6,9,14H,7-8,10-11,17H2,1-4H3. The zero-order valence-corrected chi connectivity index (χ0v) is 13.4. The van der Waals surface area contributed by atoms with Crippen molar-refractivity contribution in [2.75, 3.05) is 40.5 Å². The van der Waals surface area contributed by atoms with Crippen LogP contribution in [0.2, 0.25) is 0 Å². The van der Waals surface area contributed by atoms with E-state index in [0.29, 0.717) is 6.54 Å². The summed E-state index contributed by atoms with van der Waals surface area (Å²) in [6, 6.07) is 5.94. The quantitative estimate of drug-likeness (QED) is 0.897. The van der Waals surface area contributed by atoms with Gasteiger partial charge in [0, 0.05) is 25.2 Å². The van der Waals surface area contributed by atoms with Crippen molar-refractivity contribution < 1.29 is 14.2 Å². The fourth-order valence-corrected chi connectivity index (χ4v) is 2.89. The number of methoxy groups -OCH3 is 2. The SMILES string of the molecule is COc1ccc(OC)c(C(CN)N2CCOC(C)(C)C2)c1. The molecule has 1 aromatic rings. The number of hydrogen-bond acceptors (Lipinski definition) is 5. The molecule has 1 atom stereocenters. The van der Waals surface area contributed by atoms with Crippen molar-refractivity contribution in [3.05, 3.63) is 23.8 Å². The Hall–Kier alpha value is -1.30. The normalized spacial score (nSPS) is 20.0. The highest BCUT2D eigenvalue weighted by molar-refractivity contribution is 5.42. The second-order valence-corrected chi connectivity index (χ2v) is 5.94. The molecule has 0 radical (unpaired) electrons. The van der Waals surface area contributed by atoms with E-state index in [2.05, 4.69) is 18.7 Å². The lowest BCUT2D eigenvalue weighted by molar-refractivity contribution is -0.0969. The molecule has 1 fully saturated rings. The lowest BCUT2D eigenvalue weighted by Crippen LogP contribution is -2.50. The van der Waals surface area contributed by atoms with Gasteiger partial charge in [-0.1, -0.05) is 0 Å². The van der Waals surface area contributed by atoms with E-state index >= 15 is 0 Å². The number of hydrogen-bond donors (Lipinski definition) is 1. The number of ether oxygens (including phenoxy) is 3. The van der Waals surface area contributed by atoms with Gasteiger partial charge in [-0.05, 0) is 32.0 Å². The third-order valence-electron chi connectivity index (χ3n) is 3.92. The first-order valence-corrected chi connectivity index (χ1v) is 7.30. The molecule has 21 heavy (non-hydrogen) atoms. The minimum absolute atomic E-state index is 0.0956. The molecular weight excluding hydrogens is 268 g/mol. The van der Waals surface area contributed by atoms with Gasteiger partial charge in [0.2, 0.25) is 0 Å². The summed E-state index contributed by atoms with van der Waals surface area (Å²) in [5.41, 5.74) is 6.97. The monoisotopic (exact) mass is 294 g/mol. The summed E-state index contributed by atoms with van der Waals surface area (Å²) in [6.45, 7) is 7.17. The third kappa shape index (κ3) is 3.67. The second-order valence-electron chi connectivity index (χ2n) is 5.94. The molecule has 0 saturated carbocycles. The number of benzene rings is 1. The molecule has 2 rings (SSSR count). The van der Waals surface area contributed by atoms with Gasteiger partial charge in [0.05, 0.1) is 32.5 Å². The van der Waals surface area contributed by atoms with Crippen LogP contribution in [0.15, 0.2) is 18.2 Å². The molecule has 5 heteroatoms. The molecule has 2 N–H and O–H groups in total. The summed E-state index contributed by atoms with van der Waals surface area (Å²) in [5, 5.41) is 0. The van der Waals surface area contributed by atoms with Crippen LogP contribution in [0.1, 0.15) is 25.5 Å². The summed E-state index contributed by atoms with van der Waals surface area (Å²) in [4.78, 5) is 2.36. The van der Waals surface area contributed by atoms with Gasteiger partial charge >= 0.3 is 0 Å². The zero-order chi connectivity index (χ0) is 15.5. The number of nitrogens with two attached hydrogens (primary N) is 1.